The topological polar surface area (TPSA) is 52.2 Å². The van der Waals surface area contributed by atoms with Crippen LogP contribution in [0.1, 0.15) is 36.7 Å². The Balaban J connectivity index is 1.48. The van der Waals surface area contributed by atoms with Gasteiger partial charge in [0.25, 0.3) is 5.91 Å². The molecule has 1 aromatic heterocycles. The Morgan fingerprint density at radius 1 is 1.04 bits per heavy atom. The van der Waals surface area contributed by atoms with Gasteiger partial charge >= 0.3 is 0 Å². The number of amides is 1. The zero-order valence-electron chi connectivity index (χ0n) is 16.2. The zero-order chi connectivity index (χ0) is 19.0. The molecule has 0 bridgehead atoms. The van der Waals surface area contributed by atoms with Gasteiger partial charge in [0, 0.05) is 37.4 Å². The summed E-state index contributed by atoms with van der Waals surface area (Å²) in [5.74, 6) is 0.0928. The van der Waals surface area contributed by atoms with Crippen molar-refractivity contribution in [2.45, 2.75) is 26.2 Å². The van der Waals surface area contributed by atoms with Gasteiger partial charge in [0.05, 0.1) is 17.4 Å². The molecule has 27 heavy (non-hydrogen) atoms. The number of aromatic nitrogens is 2. The van der Waals surface area contributed by atoms with Crippen molar-refractivity contribution in [1.29, 1.82) is 0 Å². The molecule has 5 nitrogen and oxygen atoms in total. The predicted molar refractivity (Wildman–Crippen MR) is 109 cm³/mol. The van der Waals surface area contributed by atoms with Gasteiger partial charge in [-0.2, -0.15) is 0 Å². The van der Waals surface area contributed by atoms with Crippen molar-refractivity contribution in [3.63, 3.8) is 0 Å². The first-order valence-corrected chi connectivity index (χ1v) is 9.50. The van der Waals surface area contributed by atoms with E-state index >= 15 is 0 Å². The highest BCUT2D eigenvalue weighted by molar-refractivity contribution is 5.97. The third-order valence-electron chi connectivity index (χ3n) is 5.29. The number of para-hydroxylation sites is 1. The summed E-state index contributed by atoms with van der Waals surface area (Å²) >= 11 is 0. The van der Waals surface area contributed by atoms with Gasteiger partial charge in [0.1, 0.15) is 0 Å². The Kier molecular flexibility index (Phi) is 4.38. The molecule has 0 aliphatic carbocycles. The number of imidazole rings is 1. The number of hydrogen-bond acceptors (Lipinski definition) is 3. The molecule has 1 amide bonds. The van der Waals surface area contributed by atoms with Crippen LogP contribution in [0.15, 0.2) is 48.8 Å². The summed E-state index contributed by atoms with van der Waals surface area (Å²) in [6, 6.07) is 14.3. The van der Waals surface area contributed by atoms with E-state index in [0.29, 0.717) is 0 Å². The Bertz CT molecular complexity index is 962. The lowest BCUT2D eigenvalue weighted by molar-refractivity contribution is 0.0747. The van der Waals surface area contributed by atoms with E-state index in [2.05, 4.69) is 59.9 Å². The second-order valence-corrected chi connectivity index (χ2v) is 8.18. The fourth-order valence-corrected chi connectivity index (χ4v) is 3.79. The van der Waals surface area contributed by atoms with Gasteiger partial charge in [0.15, 0.2) is 0 Å². The standard InChI is InChI=1S/C22H26N4O/c1-22(2,3)17-6-4-5-7-20(17)25-10-12-26(13-11-25)21(27)16-8-9-18-19(14-16)24-15-23-18/h4-9,14-15H,10-13H2,1-3H3,(H,23,24). The minimum atomic E-state index is 0.0928. The highest BCUT2D eigenvalue weighted by Crippen LogP contribution is 2.32. The first-order valence-electron chi connectivity index (χ1n) is 9.50. The molecular formula is C22H26N4O. The molecule has 0 unspecified atom stereocenters. The lowest BCUT2D eigenvalue weighted by Crippen LogP contribution is -2.49. The molecular weight excluding hydrogens is 336 g/mol. The number of aromatic amines is 1. The number of piperazine rings is 1. The number of anilines is 1. The molecule has 3 aromatic rings. The van der Waals surface area contributed by atoms with Gasteiger partial charge < -0.3 is 14.8 Å². The molecule has 1 saturated heterocycles. The monoisotopic (exact) mass is 362 g/mol. The van der Waals surface area contributed by atoms with Gasteiger partial charge in [-0.1, -0.05) is 39.0 Å². The Morgan fingerprint density at radius 2 is 1.78 bits per heavy atom. The van der Waals surface area contributed by atoms with Crippen LogP contribution < -0.4 is 4.90 Å². The van der Waals surface area contributed by atoms with Crippen LogP contribution in [0.5, 0.6) is 0 Å². The number of hydrogen-bond donors (Lipinski definition) is 1. The van der Waals surface area contributed by atoms with E-state index < -0.39 is 0 Å². The first-order chi connectivity index (χ1) is 12.9. The molecule has 2 heterocycles. The predicted octanol–water partition coefficient (Wildman–Crippen LogP) is 3.82. The highest BCUT2D eigenvalue weighted by atomic mass is 16.2. The quantitative estimate of drug-likeness (QED) is 0.754. The molecule has 0 spiro atoms. The van der Waals surface area contributed by atoms with Crippen LogP contribution in [0.25, 0.3) is 11.0 Å². The molecule has 4 rings (SSSR count). The van der Waals surface area contributed by atoms with Crippen molar-refractivity contribution in [1.82, 2.24) is 14.9 Å². The van der Waals surface area contributed by atoms with Gasteiger partial charge in [-0.3, -0.25) is 4.79 Å². The number of rotatable bonds is 2. The maximum atomic E-state index is 12.9. The maximum Gasteiger partial charge on any atom is 0.254 e. The molecule has 5 heteroatoms. The number of nitrogens with zero attached hydrogens (tertiary/aromatic N) is 3. The van der Waals surface area contributed by atoms with Crippen molar-refractivity contribution < 1.29 is 4.79 Å². The Morgan fingerprint density at radius 3 is 2.52 bits per heavy atom. The number of fused-ring (bicyclic) bond motifs is 1. The number of benzene rings is 2. The number of H-pyrrole nitrogens is 1. The summed E-state index contributed by atoms with van der Waals surface area (Å²) in [5.41, 5.74) is 5.25. The van der Waals surface area contributed by atoms with E-state index in [1.54, 1.807) is 6.33 Å². The van der Waals surface area contributed by atoms with Crippen LogP contribution in [0, 0.1) is 0 Å². The Labute approximate surface area is 160 Å². The third-order valence-corrected chi connectivity index (χ3v) is 5.29. The fraction of sp³-hybridized carbons (Fsp3) is 0.364. The highest BCUT2D eigenvalue weighted by Gasteiger charge is 2.26. The molecule has 1 fully saturated rings. The van der Waals surface area contributed by atoms with E-state index in [9.17, 15) is 4.79 Å². The first kappa shape index (κ1) is 17.6. The van der Waals surface area contributed by atoms with Crippen molar-refractivity contribution in [3.8, 4) is 0 Å². The molecule has 0 radical (unpaired) electrons. The van der Waals surface area contributed by atoms with Crippen LogP contribution in [-0.4, -0.2) is 47.0 Å². The SMILES string of the molecule is CC(C)(C)c1ccccc1N1CCN(C(=O)c2ccc3nc[nH]c3c2)CC1. The number of carbonyl (C=O) groups is 1. The molecule has 140 valence electrons. The van der Waals surface area contributed by atoms with Crippen molar-refractivity contribution in [3.05, 3.63) is 59.9 Å². The lowest BCUT2D eigenvalue weighted by atomic mass is 9.85. The summed E-state index contributed by atoms with van der Waals surface area (Å²) in [4.78, 5) is 24.6. The molecule has 1 N–H and O–H groups in total. The maximum absolute atomic E-state index is 12.9. The second-order valence-electron chi connectivity index (χ2n) is 8.18. The summed E-state index contributed by atoms with van der Waals surface area (Å²) in [6.45, 7) is 9.92. The minimum Gasteiger partial charge on any atom is -0.368 e. The molecule has 2 aromatic carbocycles. The van der Waals surface area contributed by atoms with Crippen LogP contribution in [0.3, 0.4) is 0 Å². The largest absolute Gasteiger partial charge is 0.368 e. The van der Waals surface area contributed by atoms with Gasteiger partial charge in [0.2, 0.25) is 0 Å². The van der Waals surface area contributed by atoms with E-state index in [-0.39, 0.29) is 11.3 Å². The minimum absolute atomic E-state index is 0.0928. The van der Waals surface area contributed by atoms with Gasteiger partial charge in [-0.05, 0) is 35.2 Å². The molecule has 0 saturated carbocycles. The number of nitrogens with one attached hydrogen (secondary N) is 1. The average molecular weight is 362 g/mol. The molecule has 1 aliphatic rings. The van der Waals surface area contributed by atoms with Crippen molar-refractivity contribution in [2.24, 2.45) is 0 Å². The fourth-order valence-electron chi connectivity index (χ4n) is 3.79. The number of carbonyl (C=O) groups excluding carboxylic acids is 1. The second kappa shape index (κ2) is 6.72. The summed E-state index contributed by atoms with van der Waals surface area (Å²) in [5, 5.41) is 0. The van der Waals surface area contributed by atoms with Crippen LogP contribution in [-0.2, 0) is 5.41 Å². The normalized spacial score (nSPS) is 15.4. The van der Waals surface area contributed by atoms with Crippen molar-refractivity contribution >= 4 is 22.6 Å². The summed E-state index contributed by atoms with van der Waals surface area (Å²) < 4.78 is 0. The third kappa shape index (κ3) is 3.42. The molecule has 1 aliphatic heterocycles. The van der Waals surface area contributed by atoms with Crippen LogP contribution >= 0.6 is 0 Å². The average Bonchev–Trinajstić information content (AvgIpc) is 3.15. The van der Waals surface area contributed by atoms with E-state index in [1.807, 2.05) is 23.1 Å². The summed E-state index contributed by atoms with van der Waals surface area (Å²) in [6.07, 6.45) is 1.66. The summed E-state index contributed by atoms with van der Waals surface area (Å²) in [7, 11) is 0. The van der Waals surface area contributed by atoms with Crippen LogP contribution in [0.2, 0.25) is 0 Å². The lowest BCUT2D eigenvalue weighted by Gasteiger charge is -2.38. The van der Waals surface area contributed by atoms with Crippen LogP contribution in [0.4, 0.5) is 5.69 Å². The van der Waals surface area contributed by atoms with Gasteiger partial charge in [-0.25, -0.2) is 4.98 Å². The zero-order valence-corrected chi connectivity index (χ0v) is 16.2. The van der Waals surface area contributed by atoms with Crippen molar-refractivity contribution in [2.75, 3.05) is 31.1 Å². The van der Waals surface area contributed by atoms with Gasteiger partial charge in [-0.15, -0.1) is 0 Å². The molecule has 0 atom stereocenters. The van der Waals surface area contributed by atoms with E-state index in [1.165, 1.54) is 11.3 Å². The Hall–Kier alpha value is -2.82. The smallest absolute Gasteiger partial charge is 0.254 e. The van der Waals surface area contributed by atoms with E-state index in [4.69, 9.17) is 0 Å². The van der Waals surface area contributed by atoms with E-state index in [0.717, 1.165) is 42.8 Å².